The zero-order chi connectivity index (χ0) is 18.8. The molecule has 0 saturated heterocycles. The molecule has 0 radical (unpaired) electrons. The highest BCUT2D eigenvalue weighted by Crippen LogP contribution is 2.41. The fraction of sp³-hybridized carbons (Fsp3) is 0.222. The monoisotopic (exact) mass is 356 g/mol. The maximum atomic E-state index is 12.5. The maximum absolute atomic E-state index is 12.5. The Hall–Kier alpha value is -3.42. The molecule has 0 unspecified atom stereocenters. The highest BCUT2D eigenvalue weighted by atomic mass is 16.6. The average Bonchev–Trinajstić information content (AvgIpc) is 2.62. The summed E-state index contributed by atoms with van der Waals surface area (Å²) >= 11 is 0. The van der Waals surface area contributed by atoms with Crippen LogP contribution in [0.3, 0.4) is 0 Å². The minimum absolute atomic E-state index is 0.0593. The number of hydrogen-bond acceptors (Lipinski definition) is 7. The lowest BCUT2D eigenvalue weighted by Crippen LogP contribution is -2.35. The van der Waals surface area contributed by atoms with Crippen LogP contribution in [0.5, 0.6) is 0 Å². The minimum atomic E-state index is -0.744. The maximum Gasteiger partial charge on any atom is 0.340 e. The molecule has 3 aliphatic rings. The SMILES string of the molecule is CCOC(=O)C1=CC(C(=O)OCC)=C2C([N+](=O)[O-])=CC=C3C=CC=C1N32. The Labute approximate surface area is 149 Å². The molecule has 26 heavy (non-hydrogen) atoms. The first-order chi connectivity index (χ1) is 12.5. The number of allylic oxidation sites excluding steroid dienone is 5. The van der Waals surface area contributed by atoms with Crippen LogP contribution in [0.2, 0.25) is 0 Å². The molecule has 0 saturated carbocycles. The third-order valence-electron chi connectivity index (χ3n) is 3.91. The first-order valence-corrected chi connectivity index (χ1v) is 8.05. The van der Waals surface area contributed by atoms with Crippen LogP contribution >= 0.6 is 0 Å². The normalized spacial score (nSPS) is 17.5. The fourth-order valence-corrected chi connectivity index (χ4v) is 2.90. The quantitative estimate of drug-likeness (QED) is 0.423. The lowest BCUT2D eigenvalue weighted by molar-refractivity contribution is -0.422. The average molecular weight is 356 g/mol. The van der Waals surface area contributed by atoms with Crippen molar-refractivity contribution >= 4 is 11.9 Å². The number of nitro groups is 1. The highest BCUT2D eigenvalue weighted by Gasteiger charge is 2.41. The van der Waals surface area contributed by atoms with Gasteiger partial charge in [-0.1, -0.05) is 6.08 Å². The molecule has 0 fully saturated rings. The Bertz CT molecular complexity index is 885. The van der Waals surface area contributed by atoms with Crippen molar-refractivity contribution in [3.05, 3.63) is 80.5 Å². The van der Waals surface area contributed by atoms with Crippen LogP contribution in [0.15, 0.2) is 70.4 Å². The standard InChI is InChI=1S/C18H16N2O6/c1-3-25-17(21)12-10-13(18(22)26-4-2)16-15(20(23)24)9-8-11-6-5-7-14(12)19(11)16/h5-10H,3-4H2,1-2H3. The summed E-state index contributed by atoms with van der Waals surface area (Å²) in [5.41, 5.74) is 0.911. The summed E-state index contributed by atoms with van der Waals surface area (Å²) in [6.45, 7) is 3.56. The molecule has 0 spiro atoms. The molecule has 0 aromatic heterocycles. The summed E-state index contributed by atoms with van der Waals surface area (Å²) in [7, 11) is 0. The Kier molecular flexibility index (Phi) is 4.57. The number of rotatable bonds is 5. The van der Waals surface area contributed by atoms with Gasteiger partial charge in [-0.2, -0.15) is 0 Å². The predicted molar refractivity (Wildman–Crippen MR) is 90.6 cm³/mol. The second-order valence-electron chi connectivity index (χ2n) is 5.41. The molecule has 0 N–H and O–H groups in total. The molecule has 0 amide bonds. The van der Waals surface area contributed by atoms with E-state index < -0.39 is 16.9 Å². The van der Waals surface area contributed by atoms with E-state index in [1.54, 1.807) is 38.2 Å². The van der Waals surface area contributed by atoms with Crippen LogP contribution in [0.25, 0.3) is 0 Å². The summed E-state index contributed by atoms with van der Waals surface area (Å²) in [5.74, 6) is -1.36. The lowest BCUT2D eigenvalue weighted by Gasteiger charge is -2.36. The molecule has 0 aromatic carbocycles. The van der Waals surface area contributed by atoms with Gasteiger partial charge in [-0.3, -0.25) is 10.1 Å². The lowest BCUT2D eigenvalue weighted by atomic mass is 9.93. The van der Waals surface area contributed by atoms with E-state index in [1.807, 2.05) is 0 Å². The molecule has 0 aromatic rings. The van der Waals surface area contributed by atoms with Crippen molar-refractivity contribution in [1.29, 1.82) is 0 Å². The van der Waals surface area contributed by atoms with Gasteiger partial charge < -0.3 is 14.4 Å². The van der Waals surface area contributed by atoms with Crippen molar-refractivity contribution in [2.24, 2.45) is 0 Å². The van der Waals surface area contributed by atoms with E-state index >= 15 is 0 Å². The van der Waals surface area contributed by atoms with Gasteiger partial charge in [0.05, 0.1) is 35.0 Å². The van der Waals surface area contributed by atoms with Crippen molar-refractivity contribution in [1.82, 2.24) is 4.90 Å². The number of hydrogen-bond donors (Lipinski definition) is 0. The van der Waals surface area contributed by atoms with E-state index in [9.17, 15) is 19.7 Å². The Balaban J connectivity index is 2.27. The third-order valence-corrected chi connectivity index (χ3v) is 3.91. The summed E-state index contributed by atoms with van der Waals surface area (Å²) in [4.78, 5) is 37.3. The van der Waals surface area contributed by atoms with Gasteiger partial charge in [0.1, 0.15) is 5.70 Å². The van der Waals surface area contributed by atoms with Crippen LogP contribution in [0.1, 0.15) is 13.8 Å². The van der Waals surface area contributed by atoms with Crippen molar-refractivity contribution in [3.63, 3.8) is 0 Å². The van der Waals surface area contributed by atoms with Crippen molar-refractivity contribution in [3.8, 4) is 0 Å². The van der Waals surface area contributed by atoms with Gasteiger partial charge in [0.2, 0.25) is 0 Å². The highest BCUT2D eigenvalue weighted by molar-refractivity contribution is 6.01. The molecule has 8 heteroatoms. The number of carbonyl (C=O) groups excluding carboxylic acids is 2. The van der Waals surface area contributed by atoms with E-state index in [0.29, 0.717) is 11.4 Å². The smallest absolute Gasteiger partial charge is 0.340 e. The zero-order valence-electron chi connectivity index (χ0n) is 14.2. The second-order valence-corrected chi connectivity index (χ2v) is 5.41. The van der Waals surface area contributed by atoms with Gasteiger partial charge >= 0.3 is 11.9 Å². The van der Waals surface area contributed by atoms with E-state index in [1.165, 1.54) is 17.1 Å². The van der Waals surface area contributed by atoms with Gasteiger partial charge in [-0.05, 0) is 38.2 Å². The Morgan fingerprint density at radius 2 is 1.81 bits per heavy atom. The van der Waals surface area contributed by atoms with Gasteiger partial charge in [0.15, 0.2) is 0 Å². The van der Waals surface area contributed by atoms with Crippen LogP contribution in [0, 0.1) is 10.1 Å². The van der Waals surface area contributed by atoms with E-state index in [0.717, 1.165) is 0 Å². The number of carbonyl (C=O) groups is 2. The molecular weight excluding hydrogens is 340 g/mol. The number of esters is 2. The Morgan fingerprint density at radius 3 is 2.46 bits per heavy atom. The summed E-state index contributed by atoms with van der Waals surface area (Å²) in [6, 6.07) is 0. The largest absolute Gasteiger partial charge is 0.462 e. The van der Waals surface area contributed by atoms with Crippen molar-refractivity contribution in [2.45, 2.75) is 13.8 Å². The van der Waals surface area contributed by atoms with Gasteiger partial charge in [0.25, 0.3) is 5.70 Å². The molecule has 0 aliphatic carbocycles. The Morgan fingerprint density at radius 1 is 1.12 bits per heavy atom. The second kappa shape index (κ2) is 6.83. The minimum Gasteiger partial charge on any atom is -0.462 e. The molecular formula is C18H16N2O6. The fourth-order valence-electron chi connectivity index (χ4n) is 2.90. The van der Waals surface area contributed by atoms with Gasteiger partial charge in [-0.15, -0.1) is 0 Å². The topological polar surface area (TPSA) is 99.0 Å². The van der Waals surface area contributed by atoms with Crippen LogP contribution in [0.4, 0.5) is 0 Å². The molecule has 0 bridgehead atoms. The van der Waals surface area contributed by atoms with E-state index in [4.69, 9.17) is 9.47 Å². The zero-order valence-corrected chi connectivity index (χ0v) is 14.2. The number of nitrogens with zero attached hydrogens (tertiary/aromatic N) is 2. The third kappa shape index (κ3) is 2.75. The van der Waals surface area contributed by atoms with Gasteiger partial charge in [-0.25, -0.2) is 9.59 Å². The molecule has 0 atom stereocenters. The van der Waals surface area contributed by atoms with Gasteiger partial charge in [0, 0.05) is 11.8 Å². The molecule has 3 aliphatic heterocycles. The van der Waals surface area contributed by atoms with Crippen LogP contribution in [-0.2, 0) is 19.1 Å². The van der Waals surface area contributed by atoms with Crippen molar-refractivity contribution in [2.75, 3.05) is 13.2 Å². The first kappa shape index (κ1) is 17.4. The molecule has 8 nitrogen and oxygen atoms in total. The van der Waals surface area contributed by atoms with E-state index in [-0.39, 0.29) is 35.8 Å². The molecule has 134 valence electrons. The number of ether oxygens (including phenoxy) is 2. The summed E-state index contributed by atoms with van der Waals surface area (Å²) < 4.78 is 10.1. The van der Waals surface area contributed by atoms with E-state index in [2.05, 4.69) is 0 Å². The first-order valence-electron chi connectivity index (χ1n) is 8.05. The molecule has 3 heterocycles. The molecule has 3 rings (SSSR count). The summed E-state index contributed by atoms with van der Waals surface area (Å²) in [5, 5.41) is 11.5. The van der Waals surface area contributed by atoms with Crippen LogP contribution < -0.4 is 0 Å². The summed E-state index contributed by atoms with van der Waals surface area (Å²) in [6.07, 6.45) is 9.28. The predicted octanol–water partition coefficient (Wildman–Crippen LogP) is 2.12. The van der Waals surface area contributed by atoms with Crippen molar-refractivity contribution < 1.29 is 24.0 Å². The van der Waals surface area contributed by atoms with Crippen LogP contribution in [-0.4, -0.2) is 35.0 Å².